The van der Waals surface area contributed by atoms with Crippen LogP contribution in [0.2, 0.25) is 0 Å². The lowest BCUT2D eigenvalue weighted by molar-refractivity contribution is -0.123. The molecular weight excluding hydrogens is 311 g/mol. The van der Waals surface area contributed by atoms with E-state index in [2.05, 4.69) is 10.6 Å². The molecule has 6 heteroatoms. The van der Waals surface area contributed by atoms with Crippen LogP contribution in [0.3, 0.4) is 0 Å². The topological polar surface area (TPSA) is 78.4 Å². The molecule has 134 valence electrons. The van der Waals surface area contributed by atoms with Crippen LogP contribution in [-0.4, -0.2) is 29.6 Å². The molecule has 3 N–H and O–H groups in total. The first kappa shape index (κ1) is 20.1. The Hall–Kier alpha value is -1.95. The zero-order chi connectivity index (χ0) is 18.7. The number of carbonyl (C=O) groups excluding carboxylic acids is 2. The van der Waals surface area contributed by atoms with E-state index in [9.17, 15) is 19.1 Å². The van der Waals surface area contributed by atoms with Crippen LogP contribution in [0.1, 0.15) is 51.9 Å². The van der Waals surface area contributed by atoms with Crippen molar-refractivity contribution in [3.63, 3.8) is 0 Å². The quantitative estimate of drug-likeness (QED) is 0.790. The SMILES string of the molecule is CC(C)(C)C(=O)Nc1ccc(F)c(C(=O)NCC(O)C(C)(C)C)c1. The van der Waals surface area contributed by atoms with Crippen molar-refractivity contribution >= 4 is 17.5 Å². The molecule has 1 atom stereocenters. The van der Waals surface area contributed by atoms with Crippen LogP contribution in [0.4, 0.5) is 10.1 Å². The van der Waals surface area contributed by atoms with Gasteiger partial charge in [-0.1, -0.05) is 41.5 Å². The normalized spacial score (nSPS) is 13.3. The number of hydrogen-bond donors (Lipinski definition) is 3. The highest BCUT2D eigenvalue weighted by atomic mass is 19.1. The Morgan fingerprint density at radius 3 is 2.25 bits per heavy atom. The van der Waals surface area contributed by atoms with E-state index in [1.807, 2.05) is 20.8 Å². The highest BCUT2D eigenvalue weighted by Gasteiger charge is 2.24. The van der Waals surface area contributed by atoms with Gasteiger partial charge in [-0.25, -0.2) is 4.39 Å². The van der Waals surface area contributed by atoms with Crippen molar-refractivity contribution in [1.82, 2.24) is 5.32 Å². The van der Waals surface area contributed by atoms with Gasteiger partial charge in [-0.15, -0.1) is 0 Å². The third kappa shape index (κ3) is 5.60. The lowest BCUT2D eigenvalue weighted by Crippen LogP contribution is -2.39. The summed E-state index contributed by atoms with van der Waals surface area (Å²) in [6.45, 7) is 10.8. The van der Waals surface area contributed by atoms with Gasteiger partial charge in [0.1, 0.15) is 5.82 Å². The highest BCUT2D eigenvalue weighted by Crippen LogP contribution is 2.21. The second-order valence-electron chi connectivity index (χ2n) is 7.99. The molecule has 0 aliphatic rings. The van der Waals surface area contributed by atoms with Gasteiger partial charge in [-0.05, 0) is 23.6 Å². The number of anilines is 1. The Bertz CT molecular complexity index is 616. The predicted octanol–water partition coefficient (Wildman–Crippen LogP) is 2.95. The molecule has 0 heterocycles. The van der Waals surface area contributed by atoms with Crippen molar-refractivity contribution in [3.8, 4) is 0 Å². The van der Waals surface area contributed by atoms with Crippen molar-refractivity contribution in [1.29, 1.82) is 0 Å². The number of aliphatic hydroxyl groups excluding tert-OH is 1. The molecule has 5 nitrogen and oxygen atoms in total. The van der Waals surface area contributed by atoms with Crippen LogP contribution in [0.5, 0.6) is 0 Å². The summed E-state index contributed by atoms with van der Waals surface area (Å²) in [5.41, 5.74) is -0.831. The Morgan fingerprint density at radius 1 is 1.17 bits per heavy atom. The van der Waals surface area contributed by atoms with Gasteiger partial charge >= 0.3 is 0 Å². The van der Waals surface area contributed by atoms with Gasteiger partial charge in [0.2, 0.25) is 5.91 Å². The zero-order valence-corrected chi connectivity index (χ0v) is 15.2. The molecule has 0 saturated heterocycles. The second-order valence-corrected chi connectivity index (χ2v) is 7.99. The Morgan fingerprint density at radius 2 is 1.75 bits per heavy atom. The molecular formula is C18H27FN2O3. The average molecular weight is 338 g/mol. The fraction of sp³-hybridized carbons (Fsp3) is 0.556. The number of amides is 2. The van der Waals surface area contributed by atoms with Crippen molar-refractivity contribution in [2.24, 2.45) is 10.8 Å². The maximum absolute atomic E-state index is 13.9. The molecule has 1 aromatic carbocycles. The van der Waals surface area contributed by atoms with Crippen molar-refractivity contribution < 1.29 is 19.1 Å². The van der Waals surface area contributed by atoms with E-state index in [4.69, 9.17) is 0 Å². The fourth-order valence-corrected chi connectivity index (χ4v) is 1.69. The van der Waals surface area contributed by atoms with E-state index in [0.29, 0.717) is 5.69 Å². The van der Waals surface area contributed by atoms with Crippen molar-refractivity contribution in [2.75, 3.05) is 11.9 Å². The van der Waals surface area contributed by atoms with Gasteiger partial charge in [0.15, 0.2) is 0 Å². The number of carbonyl (C=O) groups is 2. The van der Waals surface area contributed by atoms with Crippen LogP contribution in [0.25, 0.3) is 0 Å². The standard InChI is InChI=1S/C18H27FN2O3/c1-17(2,3)14(22)10-20-15(23)12-9-11(7-8-13(12)19)21-16(24)18(4,5)6/h7-9,14,22H,10H2,1-6H3,(H,20,23)(H,21,24). The molecule has 0 aliphatic carbocycles. The summed E-state index contributed by atoms with van der Waals surface area (Å²) in [6, 6.07) is 3.82. The maximum atomic E-state index is 13.9. The molecule has 1 rings (SSSR count). The van der Waals surface area contributed by atoms with Crippen LogP contribution < -0.4 is 10.6 Å². The smallest absolute Gasteiger partial charge is 0.254 e. The third-order valence-electron chi connectivity index (χ3n) is 3.61. The van der Waals surface area contributed by atoms with Crippen LogP contribution >= 0.6 is 0 Å². The lowest BCUT2D eigenvalue weighted by Gasteiger charge is -2.26. The number of benzene rings is 1. The number of halogens is 1. The van der Waals surface area contributed by atoms with Gasteiger partial charge in [0.25, 0.3) is 5.91 Å². The first-order valence-electron chi connectivity index (χ1n) is 7.89. The van der Waals surface area contributed by atoms with E-state index in [1.165, 1.54) is 12.1 Å². The molecule has 1 unspecified atom stereocenters. The van der Waals surface area contributed by atoms with Gasteiger partial charge in [0.05, 0.1) is 11.7 Å². The Balaban J connectivity index is 2.86. The summed E-state index contributed by atoms with van der Waals surface area (Å²) in [5.74, 6) is -1.56. The summed E-state index contributed by atoms with van der Waals surface area (Å²) in [4.78, 5) is 24.1. The van der Waals surface area contributed by atoms with Gasteiger partial charge in [-0.3, -0.25) is 9.59 Å². The molecule has 0 aromatic heterocycles. The van der Waals surface area contributed by atoms with E-state index >= 15 is 0 Å². The lowest BCUT2D eigenvalue weighted by atomic mass is 9.89. The first-order chi connectivity index (χ1) is 10.8. The summed E-state index contributed by atoms with van der Waals surface area (Å²) in [5, 5.41) is 15.1. The number of nitrogens with one attached hydrogen (secondary N) is 2. The molecule has 0 spiro atoms. The number of hydrogen-bond acceptors (Lipinski definition) is 3. The zero-order valence-electron chi connectivity index (χ0n) is 15.2. The largest absolute Gasteiger partial charge is 0.391 e. The molecule has 0 aliphatic heterocycles. The average Bonchev–Trinajstić information content (AvgIpc) is 2.44. The van der Waals surface area contributed by atoms with Crippen LogP contribution in [0, 0.1) is 16.6 Å². The molecule has 2 amide bonds. The molecule has 0 fully saturated rings. The monoisotopic (exact) mass is 338 g/mol. The fourth-order valence-electron chi connectivity index (χ4n) is 1.69. The number of aliphatic hydroxyl groups is 1. The summed E-state index contributed by atoms with van der Waals surface area (Å²) in [7, 11) is 0. The first-order valence-corrected chi connectivity index (χ1v) is 7.89. The third-order valence-corrected chi connectivity index (χ3v) is 3.61. The van der Waals surface area contributed by atoms with Gasteiger partial charge < -0.3 is 15.7 Å². The van der Waals surface area contributed by atoms with Gasteiger partial charge in [-0.2, -0.15) is 0 Å². The van der Waals surface area contributed by atoms with E-state index in [0.717, 1.165) is 6.07 Å². The predicted molar refractivity (Wildman–Crippen MR) is 92.3 cm³/mol. The van der Waals surface area contributed by atoms with E-state index < -0.39 is 28.7 Å². The molecule has 0 radical (unpaired) electrons. The summed E-state index contributed by atoms with van der Waals surface area (Å²) >= 11 is 0. The second kappa shape index (κ2) is 7.30. The Kier molecular flexibility index (Phi) is 6.11. The van der Waals surface area contributed by atoms with Crippen LogP contribution in [-0.2, 0) is 4.79 Å². The van der Waals surface area contributed by atoms with E-state index in [-0.39, 0.29) is 18.0 Å². The van der Waals surface area contributed by atoms with Crippen LogP contribution in [0.15, 0.2) is 18.2 Å². The maximum Gasteiger partial charge on any atom is 0.254 e. The molecule has 0 bridgehead atoms. The van der Waals surface area contributed by atoms with Crippen molar-refractivity contribution in [2.45, 2.75) is 47.6 Å². The Labute approximate surface area is 142 Å². The minimum absolute atomic E-state index is 0.0142. The van der Waals surface area contributed by atoms with E-state index in [1.54, 1.807) is 20.8 Å². The van der Waals surface area contributed by atoms with Gasteiger partial charge in [0, 0.05) is 17.6 Å². The minimum Gasteiger partial charge on any atom is -0.391 e. The summed E-state index contributed by atoms with van der Waals surface area (Å²) in [6.07, 6.45) is -0.756. The molecule has 24 heavy (non-hydrogen) atoms. The highest BCUT2D eigenvalue weighted by molar-refractivity contribution is 5.98. The minimum atomic E-state index is -0.756. The number of rotatable bonds is 4. The van der Waals surface area contributed by atoms with Crippen molar-refractivity contribution in [3.05, 3.63) is 29.6 Å². The molecule has 0 saturated carbocycles. The molecule has 1 aromatic rings. The summed E-state index contributed by atoms with van der Waals surface area (Å²) < 4.78 is 13.9.